The van der Waals surface area contributed by atoms with Crippen molar-refractivity contribution in [2.45, 2.75) is 13.0 Å². The van der Waals surface area contributed by atoms with Gasteiger partial charge in [0.15, 0.2) is 0 Å². The number of rotatable bonds is 4. The summed E-state index contributed by atoms with van der Waals surface area (Å²) in [4.78, 5) is 13.4. The molecule has 2 nitrogen and oxygen atoms in total. The van der Waals surface area contributed by atoms with Crippen LogP contribution in [-0.2, 0) is 17.8 Å². The van der Waals surface area contributed by atoms with Gasteiger partial charge in [-0.05, 0) is 17.7 Å². The van der Waals surface area contributed by atoms with Gasteiger partial charge in [0.25, 0.3) is 0 Å². The minimum Gasteiger partial charge on any atom is -0.341 e. The monoisotopic (exact) mass is 275 g/mol. The minimum absolute atomic E-state index is 0.0301. The largest absolute Gasteiger partial charge is 0.341 e. The van der Waals surface area contributed by atoms with Crippen LogP contribution in [0.3, 0.4) is 0 Å². The number of hydrogen-bond acceptors (Lipinski definition) is 1. The first-order valence-corrected chi connectivity index (χ1v) is 6.28. The smallest absolute Gasteiger partial charge is 0.227 e. The molecule has 0 aliphatic heterocycles. The number of halogens is 2. The third kappa shape index (κ3) is 3.41. The molecule has 0 saturated carbocycles. The Labute approximate surface area is 116 Å². The van der Waals surface area contributed by atoms with E-state index in [0.717, 1.165) is 0 Å². The van der Waals surface area contributed by atoms with Crippen LogP contribution >= 0.6 is 0 Å². The SMILES string of the molecule is CN(Cc1ccccc1F)C(=O)Cc1ccccc1F. The Morgan fingerprint density at radius 2 is 1.45 bits per heavy atom. The maximum absolute atomic E-state index is 13.5. The average molecular weight is 275 g/mol. The molecule has 0 saturated heterocycles. The molecule has 0 spiro atoms. The maximum atomic E-state index is 13.5. The number of benzene rings is 2. The third-order valence-electron chi connectivity index (χ3n) is 3.09. The van der Waals surface area contributed by atoms with E-state index in [2.05, 4.69) is 0 Å². The Kier molecular flexibility index (Phi) is 4.45. The van der Waals surface area contributed by atoms with Gasteiger partial charge in [-0.3, -0.25) is 4.79 Å². The minimum atomic E-state index is -0.403. The van der Waals surface area contributed by atoms with Crippen molar-refractivity contribution in [2.75, 3.05) is 7.05 Å². The lowest BCUT2D eigenvalue weighted by Crippen LogP contribution is -2.28. The normalized spacial score (nSPS) is 10.3. The fourth-order valence-corrected chi connectivity index (χ4v) is 1.91. The molecular weight excluding hydrogens is 260 g/mol. The second-order valence-corrected chi connectivity index (χ2v) is 4.61. The summed E-state index contributed by atoms with van der Waals surface area (Å²) in [5, 5.41) is 0. The van der Waals surface area contributed by atoms with E-state index < -0.39 is 5.82 Å². The van der Waals surface area contributed by atoms with Gasteiger partial charge in [-0.25, -0.2) is 8.78 Å². The number of amides is 1. The number of likely N-dealkylation sites (N-methyl/N-ethyl adjacent to an activating group) is 1. The van der Waals surface area contributed by atoms with Crippen LogP contribution in [0.5, 0.6) is 0 Å². The molecule has 0 aliphatic carbocycles. The molecule has 0 aliphatic rings. The van der Waals surface area contributed by atoms with Gasteiger partial charge in [0.1, 0.15) is 11.6 Å². The molecule has 2 rings (SSSR count). The lowest BCUT2D eigenvalue weighted by Gasteiger charge is -2.18. The van der Waals surface area contributed by atoms with E-state index in [9.17, 15) is 13.6 Å². The molecular formula is C16H15F2NO. The van der Waals surface area contributed by atoms with Crippen LogP contribution in [0, 0.1) is 11.6 Å². The van der Waals surface area contributed by atoms with Gasteiger partial charge >= 0.3 is 0 Å². The van der Waals surface area contributed by atoms with Crippen molar-refractivity contribution < 1.29 is 13.6 Å². The van der Waals surface area contributed by atoms with Crippen molar-refractivity contribution in [3.05, 3.63) is 71.3 Å². The van der Waals surface area contributed by atoms with Crippen LogP contribution in [0.25, 0.3) is 0 Å². The van der Waals surface area contributed by atoms with Crippen molar-refractivity contribution >= 4 is 5.91 Å². The van der Waals surface area contributed by atoms with E-state index in [1.165, 1.54) is 17.0 Å². The van der Waals surface area contributed by atoms with Crippen molar-refractivity contribution in [1.82, 2.24) is 4.90 Å². The first kappa shape index (κ1) is 14.2. The van der Waals surface area contributed by atoms with Crippen LogP contribution in [-0.4, -0.2) is 17.9 Å². The van der Waals surface area contributed by atoms with Crippen molar-refractivity contribution in [2.24, 2.45) is 0 Å². The molecule has 0 unspecified atom stereocenters. The predicted molar refractivity (Wildman–Crippen MR) is 73.0 cm³/mol. The highest BCUT2D eigenvalue weighted by molar-refractivity contribution is 5.78. The highest BCUT2D eigenvalue weighted by atomic mass is 19.1. The summed E-state index contributed by atoms with van der Waals surface area (Å²) in [5.41, 5.74) is 0.787. The van der Waals surface area contributed by atoms with Crippen LogP contribution in [0.15, 0.2) is 48.5 Å². The van der Waals surface area contributed by atoms with Gasteiger partial charge in [-0.1, -0.05) is 36.4 Å². The summed E-state index contributed by atoms with van der Waals surface area (Å²) in [7, 11) is 1.58. The molecule has 0 aromatic heterocycles. The van der Waals surface area contributed by atoms with E-state index in [-0.39, 0.29) is 24.7 Å². The molecule has 2 aromatic rings. The third-order valence-corrected chi connectivity index (χ3v) is 3.09. The van der Waals surface area contributed by atoms with E-state index in [4.69, 9.17) is 0 Å². The average Bonchev–Trinajstić information content (AvgIpc) is 2.43. The van der Waals surface area contributed by atoms with Crippen LogP contribution in [0.1, 0.15) is 11.1 Å². The first-order valence-electron chi connectivity index (χ1n) is 6.28. The van der Waals surface area contributed by atoms with Gasteiger partial charge in [-0.15, -0.1) is 0 Å². The van der Waals surface area contributed by atoms with Gasteiger partial charge in [0, 0.05) is 19.2 Å². The molecule has 0 fully saturated rings. The molecule has 0 bridgehead atoms. The molecule has 0 radical (unpaired) electrons. The number of nitrogens with zero attached hydrogens (tertiary/aromatic N) is 1. The van der Waals surface area contributed by atoms with Crippen molar-refractivity contribution in [1.29, 1.82) is 0 Å². The zero-order valence-electron chi connectivity index (χ0n) is 11.1. The Morgan fingerprint density at radius 3 is 2.00 bits per heavy atom. The zero-order valence-corrected chi connectivity index (χ0v) is 11.1. The molecule has 20 heavy (non-hydrogen) atoms. The van der Waals surface area contributed by atoms with Crippen LogP contribution in [0.4, 0.5) is 8.78 Å². The van der Waals surface area contributed by atoms with Crippen molar-refractivity contribution in [3.8, 4) is 0 Å². The van der Waals surface area contributed by atoms with Gasteiger partial charge in [0.05, 0.1) is 6.42 Å². The van der Waals surface area contributed by atoms with Gasteiger partial charge in [-0.2, -0.15) is 0 Å². The predicted octanol–water partition coefficient (Wildman–Crippen LogP) is 3.17. The summed E-state index contributed by atoms with van der Waals surface area (Å²) in [5.74, 6) is -1.00. The second-order valence-electron chi connectivity index (χ2n) is 4.61. The zero-order chi connectivity index (χ0) is 14.5. The van der Waals surface area contributed by atoms with Gasteiger partial charge in [0.2, 0.25) is 5.91 Å². The van der Waals surface area contributed by atoms with Crippen molar-refractivity contribution in [3.63, 3.8) is 0 Å². The van der Waals surface area contributed by atoms with Gasteiger partial charge < -0.3 is 4.90 Å². The summed E-state index contributed by atoms with van der Waals surface area (Å²) >= 11 is 0. The summed E-state index contributed by atoms with van der Waals surface area (Å²) < 4.78 is 27.0. The second kappa shape index (κ2) is 6.28. The molecule has 104 valence electrons. The molecule has 2 aromatic carbocycles. The van der Waals surface area contributed by atoms with E-state index in [1.807, 2.05) is 0 Å². The van der Waals surface area contributed by atoms with Crippen LogP contribution < -0.4 is 0 Å². The number of hydrogen-bond donors (Lipinski definition) is 0. The molecule has 0 atom stereocenters. The molecule has 4 heteroatoms. The van der Waals surface area contributed by atoms with Crippen LogP contribution in [0.2, 0.25) is 0 Å². The Bertz CT molecular complexity index is 613. The van der Waals surface area contributed by atoms with E-state index in [1.54, 1.807) is 43.4 Å². The Morgan fingerprint density at radius 1 is 0.950 bits per heavy atom. The van der Waals surface area contributed by atoms with E-state index in [0.29, 0.717) is 11.1 Å². The quantitative estimate of drug-likeness (QED) is 0.839. The summed E-state index contributed by atoms with van der Waals surface area (Å²) in [6.07, 6.45) is -0.0301. The fourth-order valence-electron chi connectivity index (χ4n) is 1.91. The topological polar surface area (TPSA) is 20.3 Å². The highest BCUT2D eigenvalue weighted by Gasteiger charge is 2.13. The lowest BCUT2D eigenvalue weighted by molar-refractivity contribution is -0.129. The lowest BCUT2D eigenvalue weighted by atomic mass is 10.1. The fraction of sp³-hybridized carbons (Fsp3) is 0.188. The summed E-state index contributed by atoms with van der Waals surface area (Å²) in [6.45, 7) is 0.167. The number of carbonyl (C=O) groups is 1. The highest BCUT2D eigenvalue weighted by Crippen LogP contribution is 2.12. The summed E-state index contributed by atoms with van der Waals surface area (Å²) in [6, 6.07) is 12.4. The maximum Gasteiger partial charge on any atom is 0.227 e. The molecule has 0 N–H and O–H groups in total. The molecule has 1 amide bonds. The van der Waals surface area contributed by atoms with E-state index >= 15 is 0 Å². The Hall–Kier alpha value is -2.23. The standard InChI is InChI=1S/C16H15F2NO/c1-19(11-13-7-3-5-9-15(13)18)16(20)10-12-6-2-4-8-14(12)17/h2-9H,10-11H2,1H3. The molecule has 0 heterocycles. The Balaban J connectivity index is 2.03. The number of carbonyl (C=O) groups excluding carboxylic acids is 1. The first-order chi connectivity index (χ1) is 9.58.